The van der Waals surface area contributed by atoms with Gasteiger partial charge in [-0.1, -0.05) is 0 Å². The van der Waals surface area contributed by atoms with Crippen molar-refractivity contribution in [3.63, 3.8) is 0 Å². The van der Waals surface area contributed by atoms with Crippen molar-refractivity contribution in [3.8, 4) is 0 Å². The Bertz CT molecular complexity index is 381. The molecule has 2 atom stereocenters. The van der Waals surface area contributed by atoms with Crippen molar-refractivity contribution in [2.75, 3.05) is 12.8 Å². The molecule has 1 aliphatic heterocycles. The van der Waals surface area contributed by atoms with Gasteiger partial charge in [0.15, 0.2) is 0 Å². The maximum Gasteiger partial charge on any atom is 0.408 e. The smallest absolute Gasteiger partial charge is 0.408 e. The summed E-state index contributed by atoms with van der Waals surface area (Å²) in [6, 6.07) is -1.26. The van der Waals surface area contributed by atoms with E-state index in [4.69, 9.17) is 10.2 Å². The molecule has 0 unspecified atom stereocenters. The number of hydrogen-bond donors (Lipinski definition) is 2. The zero-order valence-corrected chi connectivity index (χ0v) is 9.18. The van der Waals surface area contributed by atoms with E-state index in [-0.39, 0.29) is 13.0 Å². The zero-order chi connectivity index (χ0) is 12.5. The first-order valence-electron chi connectivity index (χ1n) is 4.31. The van der Waals surface area contributed by atoms with Gasteiger partial charge in [0, 0.05) is 6.42 Å². The van der Waals surface area contributed by atoms with Gasteiger partial charge in [0.1, 0.15) is 6.04 Å². The first-order valence-corrected chi connectivity index (χ1v) is 6.13. The van der Waals surface area contributed by atoms with Crippen LogP contribution < -0.4 is 0 Å². The van der Waals surface area contributed by atoms with Crippen LogP contribution in [0.25, 0.3) is 0 Å². The molecule has 0 saturated carbocycles. The summed E-state index contributed by atoms with van der Waals surface area (Å²) in [4.78, 5) is 22.1. The normalized spacial score (nSPS) is 25.7. The quantitative estimate of drug-likeness (QED) is 0.629. The predicted octanol–water partition coefficient (Wildman–Crippen LogP) is -0.832. The summed E-state index contributed by atoms with van der Waals surface area (Å²) in [5.41, 5.74) is 0. The monoisotopic (exact) mass is 253 g/mol. The van der Waals surface area contributed by atoms with Crippen LogP contribution in [0.4, 0.5) is 4.79 Å². The molecule has 16 heavy (non-hydrogen) atoms. The fourth-order valence-corrected chi connectivity index (χ4v) is 2.19. The maximum atomic E-state index is 10.8. The predicted molar refractivity (Wildman–Crippen MR) is 50.5 cm³/mol. The van der Waals surface area contributed by atoms with Gasteiger partial charge in [0.05, 0.1) is 18.9 Å². The maximum absolute atomic E-state index is 10.8. The Labute approximate surface area is 91.5 Å². The second-order valence-electron chi connectivity index (χ2n) is 3.45. The van der Waals surface area contributed by atoms with Crippen LogP contribution in [0.1, 0.15) is 6.42 Å². The molecule has 1 aliphatic rings. The van der Waals surface area contributed by atoms with Gasteiger partial charge in [-0.3, -0.25) is 9.08 Å². The summed E-state index contributed by atoms with van der Waals surface area (Å²) in [5.74, 6) is -1.32. The van der Waals surface area contributed by atoms with Gasteiger partial charge in [0.2, 0.25) is 0 Å². The molecule has 0 aliphatic carbocycles. The van der Waals surface area contributed by atoms with E-state index in [0.717, 1.165) is 6.26 Å². The number of carbonyl (C=O) groups is 2. The van der Waals surface area contributed by atoms with Gasteiger partial charge in [-0.2, -0.15) is 8.42 Å². The fourth-order valence-electron chi connectivity index (χ4n) is 1.56. The molecule has 0 bridgehead atoms. The van der Waals surface area contributed by atoms with E-state index >= 15 is 0 Å². The molecule has 0 aromatic carbocycles. The van der Waals surface area contributed by atoms with Gasteiger partial charge in [0.25, 0.3) is 10.1 Å². The molecule has 9 heteroatoms. The minimum Gasteiger partial charge on any atom is -0.480 e. The third kappa shape index (κ3) is 3.07. The molecule has 0 spiro atoms. The molecule has 0 radical (unpaired) electrons. The molecular weight excluding hydrogens is 242 g/mol. The number of nitrogens with zero attached hydrogens (tertiary/aromatic N) is 1. The molecule has 8 nitrogen and oxygen atoms in total. The van der Waals surface area contributed by atoms with E-state index in [1.54, 1.807) is 0 Å². The molecule has 1 fully saturated rings. The molecule has 0 aromatic rings. The van der Waals surface area contributed by atoms with Crippen LogP contribution in [0, 0.1) is 0 Å². The fraction of sp³-hybridized carbons (Fsp3) is 0.714. The summed E-state index contributed by atoms with van der Waals surface area (Å²) >= 11 is 0. The zero-order valence-electron chi connectivity index (χ0n) is 8.36. The highest BCUT2D eigenvalue weighted by atomic mass is 32.2. The number of hydrogen-bond acceptors (Lipinski definition) is 5. The van der Waals surface area contributed by atoms with Crippen LogP contribution in [-0.4, -0.2) is 60.5 Å². The van der Waals surface area contributed by atoms with Gasteiger partial charge < -0.3 is 10.2 Å². The molecule has 2 N–H and O–H groups in total. The number of carboxylic acids is 1. The Morgan fingerprint density at radius 2 is 1.94 bits per heavy atom. The number of rotatable bonds is 3. The summed E-state index contributed by atoms with van der Waals surface area (Å²) in [5, 5.41) is 17.4. The molecule has 92 valence electrons. The first kappa shape index (κ1) is 12.7. The Morgan fingerprint density at radius 3 is 2.25 bits per heavy atom. The molecule has 1 amide bonds. The lowest BCUT2D eigenvalue weighted by Crippen LogP contribution is -2.39. The lowest BCUT2D eigenvalue weighted by atomic mass is 10.2. The van der Waals surface area contributed by atoms with Crippen molar-refractivity contribution in [2.45, 2.75) is 18.6 Å². The van der Waals surface area contributed by atoms with E-state index in [1.807, 2.05) is 0 Å². The lowest BCUT2D eigenvalue weighted by molar-refractivity contribution is -0.141. The van der Waals surface area contributed by atoms with E-state index in [0.29, 0.717) is 4.90 Å². The van der Waals surface area contributed by atoms with Crippen molar-refractivity contribution >= 4 is 22.2 Å². The molecule has 1 saturated heterocycles. The number of aliphatic carboxylic acids is 1. The van der Waals surface area contributed by atoms with Crippen molar-refractivity contribution in [3.05, 3.63) is 0 Å². The number of likely N-dealkylation sites (tertiary alicyclic amines) is 1. The standard InChI is InChI=1S/C7H11NO7S/c1-16(13,14)15-4-2-5(6(9)10)8(3-4)7(11)12/h4-5H,2-3H2,1H3,(H,9,10)(H,11,12)/t4-,5-/m1/s1. The average molecular weight is 253 g/mol. The first-order chi connectivity index (χ1) is 7.20. The van der Waals surface area contributed by atoms with Gasteiger partial charge in [-0.15, -0.1) is 0 Å². The van der Waals surface area contributed by atoms with Crippen LogP contribution >= 0.6 is 0 Å². The van der Waals surface area contributed by atoms with Crippen LogP contribution in [0.2, 0.25) is 0 Å². The Morgan fingerprint density at radius 1 is 1.38 bits per heavy atom. The van der Waals surface area contributed by atoms with E-state index in [1.165, 1.54) is 0 Å². The van der Waals surface area contributed by atoms with Crippen LogP contribution in [0.3, 0.4) is 0 Å². The van der Waals surface area contributed by atoms with Crippen LogP contribution in [-0.2, 0) is 19.1 Å². The molecule has 1 heterocycles. The number of carboxylic acid groups (broad SMARTS) is 2. The largest absolute Gasteiger partial charge is 0.480 e. The van der Waals surface area contributed by atoms with E-state index in [9.17, 15) is 18.0 Å². The van der Waals surface area contributed by atoms with Gasteiger partial charge in [-0.25, -0.2) is 9.59 Å². The van der Waals surface area contributed by atoms with Crippen LogP contribution in [0.15, 0.2) is 0 Å². The van der Waals surface area contributed by atoms with Crippen molar-refractivity contribution in [2.24, 2.45) is 0 Å². The highest BCUT2D eigenvalue weighted by Crippen LogP contribution is 2.21. The molecular formula is C7H11NO7S. The van der Waals surface area contributed by atoms with Gasteiger partial charge in [-0.05, 0) is 0 Å². The molecule has 0 aromatic heterocycles. The van der Waals surface area contributed by atoms with E-state index in [2.05, 4.69) is 4.18 Å². The minimum atomic E-state index is -3.72. The second kappa shape index (κ2) is 4.26. The molecule has 1 rings (SSSR count). The highest BCUT2D eigenvalue weighted by Gasteiger charge is 2.41. The Kier molecular flexibility index (Phi) is 3.38. The average Bonchev–Trinajstić information content (AvgIpc) is 2.44. The third-order valence-electron chi connectivity index (χ3n) is 2.10. The van der Waals surface area contributed by atoms with Gasteiger partial charge >= 0.3 is 12.1 Å². The summed E-state index contributed by atoms with van der Waals surface area (Å²) in [6.07, 6.45) is -1.69. The van der Waals surface area contributed by atoms with Crippen molar-refractivity contribution < 1.29 is 32.4 Å². The Balaban J connectivity index is 2.77. The topological polar surface area (TPSA) is 121 Å². The van der Waals surface area contributed by atoms with Crippen molar-refractivity contribution in [1.82, 2.24) is 4.90 Å². The SMILES string of the molecule is CS(=O)(=O)O[C@@H]1C[C@H](C(=O)O)N(C(=O)O)C1. The highest BCUT2D eigenvalue weighted by molar-refractivity contribution is 7.86. The van der Waals surface area contributed by atoms with Crippen LogP contribution in [0.5, 0.6) is 0 Å². The third-order valence-corrected chi connectivity index (χ3v) is 2.73. The summed E-state index contributed by atoms with van der Waals surface area (Å²) in [7, 11) is -3.72. The second-order valence-corrected chi connectivity index (χ2v) is 5.05. The summed E-state index contributed by atoms with van der Waals surface area (Å²) in [6.45, 7) is -0.265. The lowest BCUT2D eigenvalue weighted by Gasteiger charge is -2.16. The van der Waals surface area contributed by atoms with E-state index < -0.39 is 34.3 Å². The van der Waals surface area contributed by atoms with Crippen molar-refractivity contribution in [1.29, 1.82) is 0 Å². The summed E-state index contributed by atoms with van der Waals surface area (Å²) < 4.78 is 26.2. The number of amides is 1. The minimum absolute atomic E-state index is 0.172. The Hall–Kier alpha value is -1.35.